The molecule has 59 valence electrons. The van der Waals surface area contributed by atoms with Crippen molar-refractivity contribution in [3.63, 3.8) is 0 Å². The molecule has 0 amide bonds. The van der Waals surface area contributed by atoms with Crippen LogP contribution in [0.1, 0.15) is 20.3 Å². The molecular formula is C6H13N2O2. The lowest BCUT2D eigenvalue weighted by molar-refractivity contribution is -0.138. The molecule has 0 fully saturated rings. The standard InChI is InChI=1S/C6H13NO2.N/c1-4(2)3-5(7)6(8)9;/h4-5H,3,7H2,1-2H3,(H,8,9);/t5-;/m0./s1. The zero-order valence-electron chi connectivity index (χ0n) is 6.24. The topological polar surface area (TPSA) is 93.8 Å². The van der Waals surface area contributed by atoms with E-state index in [2.05, 4.69) is 0 Å². The highest BCUT2D eigenvalue weighted by Gasteiger charge is 2.11. The van der Waals surface area contributed by atoms with E-state index in [0.717, 1.165) is 0 Å². The molecular weight excluding hydrogens is 132 g/mol. The zero-order chi connectivity index (χ0) is 7.44. The average molecular weight is 145 g/mol. The number of carboxylic acid groups (broad SMARTS) is 1. The lowest BCUT2D eigenvalue weighted by Gasteiger charge is -2.07. The van der Waals surface area contributed by atoms with E-state index in [1.165, 1.54) is 0 Å². The third-order valence-electron chi connectivity index (χ3n) is 1.04. The molecule has 3 N–H and O–H groups in total. The van der Waals surface area contributed by atoms with Crippen LogP contribution in [0.4, 0.5) is 0 Å². The molecule has 0 aromatic rings. The summed E-state index contributed by atoms with van der Waals surface area (Å²) in [6.07, 6.45) is 0.551. The Hall–Kier alpha value is -0.610. The smallest absolute Gasteiger partial charge is 0.320 e. The van der Waals surface area contributed by atoms with Crippen molar-refractivity contribution < 1.29 is 9.90 Å². The lowest BCUT2D eigenvalue weighted by atomic mass is 10.1. The van der Waals surface area contributed by atoms with E-state index in [1.54, 1.807) is 0 Å². The Morgan fingerprint density at radius 3 is 2.10 bits per heavy atom. The molecule has 0 spiro atoms. The maximum atomic E-state index is 10.1. The molecule has 0 aliphatic rings. The second-order valence-corrected chi connectivity index (χ2v) is 2.57. The highest BCUT2D eigenvalue weighted by atomic mass is 16.4. The number of hydrogen-bond donors (Lipinski definition) is 2. The molecule has 0 rings (SSSR count). The summed E-state index contributed by atoms with van der Waals surface area (Å²) in [5, 5.41) is 8.31. The van der Waals surface area contributed by atoms with Crippen molar-refractivity contribution in [1.82, 2.24) is 6.15 Å². The Bertz CT molecular complexity index is 104. The predicted molar refractivity (Wildman–Crippen MR) is 37.2 cm³/mol. The van der Waals surface area contributed by atoms with E-state index in [9.17, 15) is 4.79 Å². The van der Waals surface area contributed by atoms with Gasteiger partial charge in [0, 0.05) is 6.15 Å². The van der Waals surface area contributed by atoms with Crippen molar-refractivity contribution in [2.75, 3.05) is 0 Å². The first kappa shape index (κ1) is 12.1. The zero-order valence-corrected chi connectivity index (χ0v) is 6.24. The molecule has 10 heavy (non-hydrogen) atoms. The van der Waals surface area contributed by atoms with Gasteiger partial charge in [0.2, 0.25) is 0 Å². The first-order valence-corrected chi connectivity index (χ1v) is 3.02. The minimum absolute atomic E-state index is 0. The monoisotopic (exact) mass is 145 g/mol. The van der Waals surface area contributed by atoms with E-state index in [-0.39, 0.29) is 6.15 Å². The molecule has 0 heterocycles. The number of carboxylic acids is 1. The second kappa shape index (κ2) is 5.20. The maximum absolute atomic E-state index is 10.1. The van der Waals surface area contributed by atoms with Gasteiger partial charge in [-0.3, -0.25) is 4.79 Å². The van der Waals surface area contributed by atoms with Crippen LogP contribution in [0.15, 0.2) is 0 Å². The summed E-state index contributed by atoms with van der Waals surface area (Å²) in [5.74, 6) is -0.556. The molecule has 0 aliphatic heterocycles. The molecule has 0 unspecified atom stereocenters. The molecule has 4 heteroatoms. The fraction of sp³-hybridized carbons (Fsp3) is 0.833. The molecule has 0 saturated heterocycles. The van der Waals surface area contributed by atoms with Crippen LogP contribution in [-0.2, 0) is 4.79 Å². The highest BCUT2D eigenvalue weighted by molar-refractivity contribution is 5.72. The summed E-state index contributed by atoms with van der Waals surface area (Å²) in [6, 6.07) is -0.690. The summed E-state index contributed by atoms with van der Waals surface area (Å²) in [4.78, 5) is 10.1. The lowest BCUT2D eigenvalue weighted by Crippen LogP contribution is -2.31. The molecule has 0 bridgehead atoms. The quantitative estimate of drug-likeness (QED) is 0.583. The van der Waals surface area contributed by atoms with Gasteiger partial charge in [0.15, 0.2) is 0 Å². The summed E-state index contributed by atoms with van der Waals surface area (Å²) >= 11 is 0. The van der Waals surface area contributed by atoms with Crippen LogP contribution in [0.5, 0.6) is 0 Å². The van der Waals surface area contributed by atoms with Crippen LogP contribution in [0.2, 0.25) is 0 Å². The van der Waals surface area contributed by atoms with Crippen LogP contribution in [0.3, 0.4) is 0 Å². The van der Waals surface area contributed by atoms with Crippen molar-refractivity contribution >= 4 is 5.97 Å². The number of hydrogen-bond acceptors (Lipinski definition) is 2. The van der Waals surface area contributed by atoms with Gasteiger partial charge in [0.1, 0.15) is 6.04 Å². The van der Waals surface area contributed by atoms with E-state index in [1.807, 2.05) is 13.8 Å². The van der Waals surface area contributed by atoms with Crippen LogP contribution >= 0.6 is 0 Å². The number of rotatable bonds is 3. The Morgan fingerprint density at radius 2 is 2.00 bits per heavy atom. The summed E-state index contributed by atoms with van der Waals surface area (Å²) in [6.45, 7) is 3.89. The van der Waals surface area contributed by atoms with Gasteiger partial charge in [-0.2, -0.15) is 0 Å². The van der Waals surface area contributed by atoms with E-state index in [4.69, 9.17) is 10.8 Å². The van der Waals surface area contributed by atoms with Crippen molar-refractivity contribution in [2.45, 2.75) is 26.3 Å². The third-order valence-corrected chi connectivity index (χ3v) is 1.04. The highest BCUT2D eigenvalue weighted by Crippen LogP contribution is 2.01. The molecule has 0 saturated carbocycles. The van der Waals surface area contributed by atoms with Gasteiger partial charge in [-0.25, -0.2) is 0 Å². The molecule has 1 atom stereocenters. The minimum atomic E-state index is -0.913. The van der Waals surface area contributed by atoms with E-state index < -0.39 is 12.0 Å². The van der Waals surface area contributed by atoms with Crippen molar-refractivity contribution in [3.8, 4) is 0 Å². The Kier molecular flexibility index (Phi) is 6.29. The van der Waals surface area contributed by atoms with Gasteiger partial charge in [-0.1, -0.05) is 13.8 Å². The van der Waals surface area contributed by atoms with Crippen molar-refractivity contribution in [2.24, 2.45) is 11.7 Å². The summed E-state index contributed by atoms with van der Waals surface area (Å²) in [5.41, 5.74) is 5.22. The predicted octanol–water partition coefficient (Wildman–Crippen LogP) is -0.0362. The number of aliphatic carboxylic acids is 1. The van der Waals surface area contributed by atoms with Gasteiger partial charge in [-0.05, 0) is 12.3 Å². The first-order chi connectivity index (χ1) is 4.04. The van der Waals surface area contributed by atoms with Gasteiger partial charge in [0.25, 0.3) is 0 Å². The van der Waals surface area contributed by atoms with E-state index in [0.29, 0.717) is 12.3 Å². The maximum Gasteiger partial charge on any atom is 0.320 e. The van der Waals surface area contributed by atoms with E-state index >= 15 is 0 Å². The Balaban J connectivity index is 0. The second-order valence-electron chi connectivity index (χ2n) is 2.57. The normalized spacial score (nSPS) is 12.4. The summed E-state index contributed by atoms with van der Waals surface area (Å²) in [7, 11) is 0. The van der Waals surface area contributed by atoms with Gasteiger partial charge in [0.05, 0.1) is 0 Å². The third kappa shape index (κ3) is 5.53. The Morgan fingerprint density at radius 1 is 1.60 bits per heavy atom. The largest absolute Gasteiger partial charge is 0.480 e. The van der Waals surface area contributed by atoms with Crippen LogP contribution in [-0.4, -0.2) is 17.1 Å². The van der Waals surface area contributed by atoms with Crippen molar-refractivity contribution in [3.05, 3.63) is 0 Å². The molecule has 0 aliphatic carbocycles. The van der Waals surface area contributed by atoms with Gasteiger partial charge in [-0.15, -0.1) is 0 Å². The number of nitrogens with zero attached hydrogens (tertiary/aromatic N) is 1. The fourth-order valence-corrected chi connectivity index (χ4v) is 0.609. The average Bonchev–Trinajstić information content (AvgIpc) is 1.63. The van der Waals surface area contributed by atoms with Crippen molar-refractivity contribution in [1.29, 1.82) is 0 Å². The number of carbonyl (C=O) groups is 1. The fourth-order valence-electron chi connectivity index (χ4n) is 0.609. The van der Waals surface area contributed by atoms with Crippen LogP contribution in [0.25, 0.3) is 0 Å². The minimum Gasteiger partial charge on any atom is -0.480 e. The van der Waals surface area contributed by atoms with Gasteiger partial charge >= 0.3 is 5.97 Å². The van der Waals surface area contributed by atoms with Crippen LogP contribution < -0.4 is 11.9 Å². The van der Waals surface area contributed by atoms with Crippen LogP contribution in [0, 0.1) is 5.92 Å². The first-order valence-electron chi connectivity index (χ1n) is 3.02. The molecule has 4 nitrogen and oxygen atoms in total. The molecule has 0 aromatic heterocycles. The SMILES string of the molecule is CC(C)C[C@H](N)C(=O)O.[N]. The Labute approximate surface area is 61.0 Å². The van der Waals surface area contributed by atoms with Gasteiger partial charge < -0.3 is 10.8 Å². The molecule has 3 radical (unpaired) electrons. The summed E-state index contributed by atoms with van der Waals surface area (Å²) < 4.78 is 0. The number of nitrogens with two attached hydrogens (primary N) is 1. The molecule has 0 aromatic carbocycles.